The van der Waals surface area contributed by atoms with Gasteiger partial charge >= 0.3 is 6.09 Å². The smallest absolute Gasteiger partial charge is 0.410 e. The van der Waals surface area contributed by atoms with E-state index >= 15 is 0 Å². The van der Waals surface area contributed by atoms with Gasteiger partial charge in [0, 0.05) is 12.8 Å². The summed E-state index contributed by atoms with van der Waals surface area (Å²) in [7, 11) is 0. The van der Waals surface area contributed by atoms with Gasteiger partial charge in [-0.3, -0.25) is 9.89 Å². The second-order valence-corrected chi connectivity index (χ2v) is 3.71. The molecule has 0 fully saturated rings. The van der Waals surface area contributed by atoms with Gasteiger partial charge in [0.25, 0.3) is 0 Å². The lowest BCUT2D eigenvalue weighted by Gasteiger charge is -2.16. The summed E-state index contributed by atoms with van der Waals surface area (Å²) in [5.74, 6) is 0.547. The van der Waals surface area contributed by atoms with Crippen molar-refractivity contribution in [2.24, 2.45) is 4.99 Å². The lowest BCUT2D eigenvalue weighted by atomic mass is 10.3. The van der Waals surface area contributed by atoms with Gasteiger partial charge in [-0.1, -0.05) is 18.2 Å². The van der Waals surface area contributed by atoms with Gasteiger partial charge < -0.3 is 4.74 Å². The molecule has 4 nitrogen and oxygen atoms in total. The third-order valence-electron chi connectivity index (χ3n) is 2.64. The number of hydrogen-bond acceptors (Lipinski definition) is 3. The van der Waals surface area contributed by atoms with E-state index in [9.17, 15) is 4.79 Å². The highest BCUT2D eigenvalue weighted by Crippen LogP contribution is 2.27. The van der Waals surface area contributed by atoms with E-state index < -0.39 is 0 Å². The molecule has 4 heteroatoms. The first kappa shape index (κ1) is 9.84. The van der Waals surface area contributed by atoms with Crippen molar-refractivity contribution in [2.75, 3.05) is 6.54 Å². The van der Waals surface area contributed by atoms with E-state index in [0.717, 1.165) is 11.4 Å². The van der Waals surface area contributed by atoms with Gasteiger partial charge in [0.2, 0.25) is 0 Å². The molecule has 17 heavy (non-hydrogen) atoms. The molecule has 0 saturated carbocycles. The van der Waals surface area contributed by atoms with Crippen LogP contribution in [-0.2, 0) is 0 Å². The number of carbonyl (C=O) groups excluding carboxylic acids is 1. The molecular formula is C13H10N2O2. The molecule has 0 bridgehead atoms. The summed E-state index contributed by atoms with van der Waals surface area (Å²) < 4.78 is 5.26. The van der Waals surface area contributed by atoms with Crippen LogP contribution in [0.2, 0.25) is 0 Å². The molecule has 0 radical (unpaired) electrons. The summed E-state index contributed by atoms with van der Waals surface area (Å²) >= 11 is 0. The first-order valence-corrected chi connectivity index (χ1v) is 5.34. The molecule has 1 amide bonds. The number of hydrogen-bond donors (Lipinski definition) is 0. The largest absolute Gasteiger partial charge is 0.420 e. The fraction of sp³-hybridized carbons (Fsp3) is 0.0769. The quantitative estimate of drug-likeness (QED) is 0.737. The Labute approximate surface area is 98.5 Å². The first-order valence-electron chi connectivity index (χ1n) is 5.34. The second-order valence-electron chi connectivity index (χ2n) is 3.71. The highest BCUT2D eigenvalue weighted by molar-refractivity contribution is 5.84. The number of carbonyl (C=O) groups is 1. The van der Waals surface area contributed by atoms with Crippen LogP contribution in [0, 0.1) is 0 Å². The van der Waals surface area contributed by atoms with Crippen LogP contribution in [0.1, 0.15) is 0 Å². The molecule has 84 valence electrons. The molecule has 0 saturated heterocycles. The van der Waals surface area contributed by atoms with Crippen LogP contribution in [0.5, 0.6) is 5.75 Å². The Bertz CT molecular complexity index is 544. The summed E-state index contributed by atoms with van der Waals surface area (Å²) in [6, 6.07) is 9.03. The van der Waals surface area contributed by atoms with E-state index in [4.69, 9.17) is 4.74 Å². The van der Waals surface area contributed by atoms with E-state index in [1.807, 2.05) is 30.4 Å². The highest BCUT2D eigenvalue weighted by atomic mass is 16.6. The van der Waals surface area contributed by atoms with Crippen molar-refractivity contribution in [3.05, 3.63) is 53.9 Å². The van der Waals surface area contributed by atoms with Crippen molar-refractivity contribution in [3.63, 3.8) is 0 Å². The van der Waals surface area contributed by atoms with Crippen LogP contribution in [0.3, 0.4) is 0 Å². The Morgan fingerprint density at radius 2 is 2.12 bits per heavy atom. The maximum Gasteiger partial charge on any atom is 0.420 e. The SMILES string of the molecule is O=C(Oc1ccccc1)N1CC=C2N=CC=C21. The number of fused-ring (bicyclic) bond motifs is 1. The minimum Gasteiger partial charge on any atom is -0.410 e. The molecule has 2 aliphatic rings. The first-order chi connectivity index (χ1) is 8.34. The summed E-state index contributed by atoms with van der Waals surface area (Å²) in [6.07, 6.45) is 5.02. The number of para-hydroxylation sites is 1. The topological polar surface area (TPSA) is 41.9 Å². The van der Waals surface area contributed by atoms with Crippen molar-refractivity contribution in [2.45, 2.75) is 0 Å². The van der Waals surface area contributed by atoms with E-state index in [2.05, 4.69) is 4.99 Å². The predicted octanol–water partition coefficient (Wildman–Crippen LogP) is 2.35. The molecule has 2 heterocycles. The van der Waals surface area contributed by atoms with Crippen LogP contribution in [0.4, 0.5) is 4.79 Å². The highest BCUT2D eigenvalue weighted by Gasteiger charge is 2.28. The predicted molar refractivity (Wildman–Crippen MR) is 63.8 cm³/mol. The number of rotatable bonds is 1. The van der Waals surface area contributed by atoms with Crippen LogP contribution < -0.4 is 4.74 Å². The van der Waals surface area contributed by atoms with Crippen molar-refractivity contribution >= 4 is 12.3 Å². The monoisotopic (exact) mass is 226 g/mol. The van der Waals surface area contributed by atoms with Crippen LogP contribution in [-0.4, -0.2) is 23.8 Å². The van der Waals surface area contributed by atoms with E-state index in [-0.39, 0.29) is 6.09 Å². The van der Waals surface area contributed by atoms with Gasteiger partial charge in [-0.25, -0.2) is 4.79 Å². The number of amides is 1. The Hall–Kier alpha value is -2.36. The maximum atomic E-state index is 11.9. The van der Waals surface area contributed by atoms with E-state index in [1.54, 1.807) is 23.2 Å². The summed E-state index contributed by atoms with van der Waals surface area (Å²) in [5.41, 5.74) is 1.65. The molecule has 0 spiro atoms. The van der Waals surface area contributed by atoms with Gasteiger partial charge in [0.1, 0.15) is 5.75 Å². The molecule has 0 unspecified atom stereocenters. The fourth-order valence-corrected chi connectivity index (χ4v) is 1.82. The standard InChI is InChI=1S/C13H10N2O2/c16-13(17-10-4-2-1-3-5-10)15-9-7-11-12(15)6-8-14-11/h1-8H,9H2. The summed E-state index contributed by atoms with van der Waals surface area (Å²) in [6.45, 7) is 0.518. The van der Waals surface area contributed by atoms with Crippen molar-refractivity contribution in [3.8, 4) is 5.75 Å². The molecule has 1 aromatic carbocycles. The molecule has 3 rings (SSSR count). The lowest BCUT2D eigenvalue weighted by Crippen LogP contribution is -2.30. The number of aliphatic imine (C=N–C) groups is 1. The maximum absolute atomic E-state index is 11.9. The zero-order valence-electron chi connectivity index (χ0n) is 9.04. The minimum absolute atomic E-state index is 0.376. The Balaban J connectivity index is 1.73. The number of allylic oxidation sites excluding steroid dienone is 1. The molecule has 0 aliphatic carbocycles. The molecule has 1 aromatic rings. The average molecular weight is 226 g/mol. The molecule has 2 aliphatic heterocycles. The van der Waals surface area contributed by atoms with Crippen molar-refractivity contribution < 1.29 is 9.53 Å². The van der Waals surface area contributed by atoms with E-state index in [0.29, 0.717) is 12.3 Å². The number of benzene rings is 1. The molecule has 0 N–H and O–H groups in total. The van der Waals surface area contributed by atoms with Gasteiger partial charge in [0.15, 0.2) is 0 Å². The zero-order chi connectivity index (χ0) is 11.7. The Morgan fingerprint density at radius 1 is 1.29 bits per heavy atom. The zero-order valence-corrected chi connectivity index (χ0v) is 9.04. The summed E-state index contributed by atoms with van der Waals surface area (Å²) in [4.78, 5) is 17.6. The van der Waals surface area contributed by atoms with Gasteiger partial charge in [-0.2, -0.15) is 0 Å². The average Bonchev–Trinajstić information content (AvgIpc) is 2.91. The van der Waals surface area contributed by atoms with Crippen molar-refractivity contribution in [1.82, 2.24) is 4.90 Å². The normalized spacial score (nSPS) is 16.6. The minimum atomic E-state index is -0.376. The second kappa shape index (κ2) is 3.90. The lowest BCUT2D eigenvalue weighted by molar-refractivity contribution is 0.172. The molecular weight excluding hydrogens is 216 g/mol. The van der Waals surface area contributed by atoms with Crippen LogP contribution in [0.15, 0.2) is 58.9 Å². The fourth-order valence-electron chi connectivity index (χ4n) is 1.82. The van der Waals surface area contributed by atoms with Gasteiger partial charge in [-0.15, -0.1) is 0 Å². The number of ether oxygens (including phenoxy) is 1. The molecule has 0 aromatic heterocycles. The molecule has 0 atom stereocenters. The summed E-state index contributed by atoms with van der Waals surface area (Å²) in [5, 5.41) is 0. The van der Waals surface area contributed by atoms with E-state index in [1.165, 1.54) is 0 Å². The Kier molecular flexibility index (Phi) is 2.26. The number of nitrogens with zero attached hydrogens (tertiary/aromatic N) is 2. The van der Waals surface area contributed by atoms with Gasteiger partial charge in [0.05, 0.1) is 11.4 Å². The Morgan fingerprint density at radius 3 is 2.94 bits per heavy atom. The van der Waals surface area contributed by atoms with Crippen molar-refractivity contribution in [1.29, 1.82) is 0 Å². The van der Waals surface area contributed by atoms with Gasteiger partial charge in [-0.05, 0) is 24.3 Å². The van der Waals surface area contributed by atoms with Crippen LogP contribution in [0.25, 0.3) is 0 Å². The third kappa shape index (κ3) is 1.73. The third-order valence-corrected chi connectivity index (χ3v) is 2.64. The van der Waals surface area contributed by atoms with Crippen LogP contribution >= 0.6 is 0 Å².